The number of hydrogen-bond donors (Lipinski definition) is 1. The Hall–Kier alpha value is -0.120. The first-order valence-electron chi connectivity index (χ1n) is 8.75. The van der Waals surface area contributed by atoms with Gasteiger partial charge in [-0.1, -0.05) is 20.3 Å². The molecule has 1 saturated heterocycles. The Morgan fingerprint density at radius 3 is 2.50 bits per heavy atom. The fraction of sp³-hybridized carbons (Fsp3) is 1.00. The number of nitrogens with zero attached hydrogens (tertiary/aromatic N) is 1. The molecule has 3 unspecified atom stereocenters. The van der Waals surface area contributed by atoms with Gasteiger partial charge in [0.15, 0.2) is 0 Å². The minimum atomic E-state index is 0.741. The van der Waals surface area contributed by atoms with Gasteiger partial charge in [0.05, 0.1) is 0 Å². The topological polar surface area (TPSA) is 24.5 Å². The van der Waals surface area contributed by atoms with Gasteiger partial charge in [0.1, 0.15) is 0 Å². The summed E-state index contributed by atoms with van der Waals surface area (Å²) in [6, 6.07) is 1.48. The van der Waals surface area contributed by atoms with Gasteiger partial charge in [-0.3, -0.25) is 0 Å². The van der Waals surface area contributed by atoms with E-state index < -0.39 is 0 Å². The predicted octanol–water partition coefficient (Wildman–Crippen LogP) is 2.90. The van der Waals surface area contributed by atoms with Gasteiger partial charge in [-0.05, 0) is 57.5 Å². The summed E-state index contributed by atoms with van der Waals surface area (Å²) >= 11 is 0. The molecule has 118 valence electrons. The Kier molecular flexibility index (Phi) is 6.79. The largest absolute Gasteiger partial charge is 0.381 e. The molecule has 1 heterocycles. The van der Waals surface area contributed by atoms with E-state index in [1.807, 2.05) is 0 Å². The van der Waals surface area contributed by atoms with Crippen LogP contribution in [-0.4, -0.2) is 50.3 Å². The summed E-state index contributed by atoms with van der Waals surface area (Å²) in [4.78, 5) is 2.62. The normalized spacial score (nSPS) is 32.7. The van der Waals surface area contributed by atoms with Crippen LogP contribution in [0.1, 0.15) is 52.4 Å². The highest BCUT2D eigenvalue weighted by Gasteiger charge is 2.31. The Morgan fingerprint density at radius 2 is 1.85 bits per heavy atom. The third kappa shape index (κ3) is 4.44. The molecule has 0 aromatic heterocycles. The van der Waals surface area contributed by atoms with E-state index in [-0.39, 0.29) is 0 Å². The van der Waals surface area contributed by atoms with Gasteiger partial charge in [-0.2, -0.15) is 0 Å². The fourth-order valence-corrected chi connectivity index (χ4v) is 4.11. The van der Waals surface area contributed by atoms with E-state index >= 15 is 0 Å². The number of ether oxygens (including phenoxy) is 1. The molecule has 0 spiro atoms. The van der Waals surface area contributed by atoms with E-state index in [4.69, 9.17) is 4.74 Å². The first-order chi connectivity index (χ1) is 9.74. The van der Waals surface area contributed by atoms with Crippen molar-refractivity contribution in [3.05, 3.63) is 0 Å². The molecule has 0 bridgehead atoms. The van der Waals surface area contributed by atoms with Gasteiger partial charge >= 0.3 is 0 Å². The summed E-state index contributed by atoms with van der Waals surface area (Å²) in [6.45, 7) is 8.88. The summed E-state index contributed by atoms with van der Waals surface area (Å²) < 4.78 is 5.49. The molecule has 2 aliphatic rings. The highest BCUT2D eigenvalue weighted by Crippen LogP contribution is 2.32. The quantitative estimate of drug-likeness (QED) is 0.811. The van der Waals surface area contributed by atoms with Gasteiger partial charge in [-0.25, -0.2) is 0 Å². The average Bonchev–Trinajstić information content (AvgIpc) is 2.50. The second kappa shape index (κ2) is 8.35. The van der Waals surface area contributed by atoms with Crippen LogP contribution in [0.3, 0.4) is 0 Å². The Labute approximate surface area is 125 Å². The number of nitrogens with one attached hydrogen (secondary N) is 1. The lowest BCUT2D eigenvalue weighted by atomic mass is 9.76. The second-order valence-electron chi connectivity index (χ2n) is 6.79. The van der Waals surface area contributed by atoms with Gasteiger partial charge in [0.25, 0.3) is 0 Å². The number of hydrogen-bond acceptors (Lipinski definition) is 3. The maximum Gasteiger partial charge on any atom is 0.0480 e. The molecular weight excluding hydrogens is 248 g/mol. The zero-order valence-corrected chi connectivity index (χ0v) is 13.7. The van der Waals surface area contributed by atoms with Crippen molar-refractivity contribution in [1.82, 2.24) is 10.2 Å². The zero-order valence-electron chi connectivity index (χ0n) is 13.7. The fourth-order valence-electron chi connectivity index (χ4n) is 4.11. The molecule has 20 heavy (non-hydrogen) atoms. The van der Waals surface area contributed by atoms with Gasteiger partial charge < -0.3 is 15.0 Å². The molecule has 1 saturated carbocycles. The van der Waals surface area contributed by atoms with Crippen LogP contribution >= 0.6 is 0 Å². The molecule has 1 aliphatic carbocycles. The van der Waals surface area contributed by atoms with Crippen LogP contribution in [0.25, 0.3) is 0 Å². The third-order valence-electron chi connectivity index (χ3n) is 5.47. The van der Waals surface area contributed by atoms with E-state index in [0.717, 1.165) is 43.7 Å². The molecule has 0 amide bonds. The third-order valence-corrected chi connectivity index (χ3v) is 5.47. The molecule has 1 N–H and O–H groups in total. The van der Waals surface area contributed by atoms with Crippen molar-refractivity contribution in [1.29, 1.82) is 0 Å². The van der Waals surface area contributed by atoms with Crippen LogP contribution < -0.4 is 5.32 Å². The predicted molar refractivity (Wildman–Crippen MR) is 85.1 cm³/mol. The minimum absolute atomic E-state index is 0.741. The lowest BCUT2D eigenvalue weighted by Gasteiger charge is -2.41. The first kappa shape index (κ1) is 16.3. The molecule has 0 radical (unpaired) electrons. The Bertz CT molecular complexity index is 266. The van der Waals surface area contributed by atoms with Gasteiger partial charge in [0, 0.05) is 31.8 Å². The maximum absolute atomic E-state index is 5.49. The lowest BCUT2D eigenvalue weighted by molar-refractivity contribution is 0.0311. The highest BCUT2D eigenvalue weighted by molar-refractivity contribution is 4.87. The maximum atomic E-state index is 5.49. The molecule has 0 aromatic carbocycles. The molecule has 3 heteroatoms. The molecular formula is C17H34N2O. The van der Waals surface area contributed by atoms with Crippen molar-refractivity contribution >= 4 is 0 Å². The van der Waals surface area contributed by atoms with Crippen LogP contribution in [0.2, 0.25) is 0 Å². The smallest absolute Gasteiger partial charge is 0.0480 e. The summed E-state index contributed by atoms with van der Waals surface area (Å²) in [5, 5.41) is 3.74. The summed E-state index contributed by atoms with van der Waals surface area (Å²) in [5.41, 5.74) is 0. The van der Waals surface area contributed by atoms with Crippen LogP contribution in [0, 0.1) is 11.8 Å². The van der Waals surface area contributed by atoms with Crippen molar-refractivity contribution in [2.75, 3.05) is 33.4 Å². The van der Waals surface area contributed by atoms with E-state index in [1.54, 1.807) is 0 Å². The van der Waals surface area contributed by atoms with Crippen LogP contribution in [0.4, 0.5) is 0 Å². The monoisotopic (exact) mass is 282 g/mol. The molecule has 2 fully saturated rings. The number of rotatable bonds is 6. The van der Waals surface area contributed by atoms with E-state index in [2.05, 4.69) is 31.1 Å². The highest BCUT2D eigenvalue weighted by atomic mass is 16.5. The van der Waals surface area contributed by atoms with Gasteiger partial charge in [0.2, 0.25) is 0 Å². The van der Waals surface area contributed by atoms with Crippen molar-refractivity contribution < 1.29 is 4.74 Å². The van der Waals surface area contributed by atoms with Crippen molar-refractivity contribution in [2.24, 2.45) is 11.8 Å². The van der Waals surface area contributed by atoms with Crippen molar-refractivity contribution in [2.45, 2.75) is 64.5 Å². The first-order valence-corrected chi connectivity index (χ1v) is 8.75. The van der Waals surface area contributed by atoms with Crippen molar-refractivity contribution in [3.63, 3.8) is 0 Å². The lowest BCUT2D eigenvalue weighted by Crippen LogP contribution is -2.48. The molecule has 1 aliphatic heterocycles. The average molecular weight is 282 g/mol. The Morgan fingerprint density at radius 1 is 1.10 bits per heavy atom. The summed E-state index contributed by atoms with van der Waals surface area (Å²) in [7, 11) is 2.33. The molecule has 3 atom stereocenters. The van der Waals surface area contributed by atoms with E-state index in [9.17, 15) is 0 Å². The minimum Gasteiger partial charge on any atom is -0.381 e. The van der Waals surface area contributed by atoms with E-state index in [1.165, 1.54) is 45.1 Å². The SMILES string of the molecule is CCNC1CCC(CC)CC1CN(C)C1CCOCC1. The van der Waals surface area contributed by atoms with Crippen LogP contribution in [-0.2, 0) is 4.74 Å². The molecule has 2 rings (SSSR count). The summed E-state index contributed by atoms with van der Waals surface area (Å²) in [5.74, 6) is 1.79. The van der Waals surface area contributed by atoms with E-state index in [0.29, 0.717) is 0 Å². The summed E-state index contributed by atoms with van der Waals surface area (Å²) in [6.07, 6.45) is 8.00. The molecule has 0 aromatic rings. The van der Waals surface area contributed by atoms with Gasteiger partial charge in [-0.15, -0.1) is 0 Å². The second-order valence-corrected chi connectivity index (χ2v) is 6.79. The molecule has 3 nitrogen and oxygen atoms in total. The van der Waals surface area contributed by atoms with Crippen LogP contribution in [0.5, 0.6) is 0 Å². The van der Waals surface area contributed by atoms with Crippen LogP contribution in [0.15, 0.2) is 0 Å². The zero-order chi connectivity index (χ0) is 14.4. The standard InChI is InChI=1S/C17H34N2O/c1-4-14-6-7-17(18-5-2)15(12-14)13-19(3)16-8-10-20-11-9-16/h14-18H,4-13H2,1-3H3. The van der Waals surface area contributed by atoms with Crippen molar-refractivity contribution in [3.8, 4) is 0 Å². The Balaban J connectivity index is 1.88.